The average molecular weight is 221 g/mol. The number of carbonyl (C=O) groups is 1. The summed E-state index contributed by atoms with van der Waals surface area (Å²) in [6.45, 7) is 6.05. The van der Waals surface area contributed by atoms with Gasteiger partial charge in [-0.1, -0.05) is 31.5 Å². The van der Waals surface area contributed by atoms with Crippen LogP contribution in [0, 0.1) is 12.8 Å². The van der Waals surface area contributed by atoms with E-state index in [1.54, 1.807) is 4.90 Å². The Morgan fingerprint density at radius 2 is 1.88 bits per heavy atom. The largest absolute Gasteiger partial charge is 0.395 e. The molecule has 0 aromatic heterocycles. The topological polar surface area (TPSA) is 40.5 Å². The molecule has 0 aliphatic rings. The van der Waals surface area contributed by atoms with E-state index >= 15 is 0 Å². The van der Waals surface area contributed by atoms with Gasteiger partial charge in [0.25, 0.3) is 0 Å². The van der Waals surface area contributed by atoms with Crippen LogP contribution in [0.1, 0.15) is 19.4 Å². The highest BCUT2D eigenvalue weighted by Gasteiger charge is 2.17. The van der Waals surface area contributed by atoms with Gasteiger partial charge in [-0.05, 0) is 19.1 Å². The number of aliphatic hydroxyl groups is 1. The number of hydrogen-bond donors (Lipinski definition) is 1. The number of rotatable bonds is 4. The molecule has 1 amide bonds. The minimum Gasteiger partial charge on any atom is -0.395 e. The molecule has 0 spiro atoms. The van der Waals surface area contributed by atoms with Crippen molar-refractivity contribution in [3.05, 3.63) is 29.8 Å². The number of nitrogens with zero attached hydrogens (tertiary/aromatic N) is 1. The summed E-state index contributed by atoms with van der Waals surface area (Å²) >= 11 is 0. The molecule has 1 N–H and O–H groups in total. The van der Waals surface area contributed by atoms with Crippen LogP contribution in [0.4, 0.5) is 5.69 Å². The van der Waals surface area contributed by atoms with E-state index in [0.717, 1.165) is 11.3 Å². The fourth-order valence-electron chi connectivity index (χ4n) is 1.50. The molecule has 0 aliphatic heterocycles. The van der Waals surface area contributed by atoms with E-state index in [1.165, 1.54) is 0 Å². The molecule has 88 valence electrons. The van der Waals surface area contributed by atoms with E-state index in [-0.39, 0.29) is 18.4 Å². The summed E-state index contributed by atoms with van der Waals surface area (Å²) in [5.74, 6) is -0.0224. The van der Waals surface area contributed by atoms with Crippen LogP contribution in [-0.4, -0.2) is 24.2 Å². The molecule has 1 aromatic carbocycles. The minimum absolute atomic E-state index is 0.0215. The van der Waals surface area contributed by atoms with Gasteiger partial charge in [0.15, 0.2) is 0 Å². The Morgan fingerprint density at radius 3 is 2.31 bits per heavy atom. The predicted molar refractivity (Wildman–Crippen MR) is 65.5 cm³/mol. The average Bonchev–Trinajstić information content (AvgIpc) is 2.26. The normalized spacial score (nSPS) is 10.6. The maximum Gasteiger partial charge on any atom is 0.229 e. The van der Waals surface area contributed by atoms with Gasteiger partial charge in [0, 0.05) is 18.2 Å². The molecule has 0 atom stereocenters. The van der Waals surface area contributed by atoms with Crippen molar-refractivity contribution in [1.29, 1.82) is 0 Å². The highest BCUT2D eigenvalue weighted by molar-refractivity contribution is 5.94. The van der Waals surface area contributed by atoms with Crippen molar-refractivity contribution in [2.45, 2.75) is 20.8 Å². The van der Waals surface area contributed by atoms with Gasteiger partial charge in [-0.3, -0.25) is 4.79 Å². The molecule has 0 saturated heterocycles. The Bertz CT molecular complexity index is 343. The summed E-state index contributed by atoms with van der Waals surface area (Å²) in [4.78, 5) is 13.6. The summed E-state index contributed by atoms with van der Waals surface area (Å²) in [6, 6.07) is 7.75. The molecule has 0 heterocycles. The van der Waals surface area contributed by atoms with Crippen molar-refractivity contribution in [1.82, 2.24) is 0 Å². The standard InChI is InChI=1S/C13H19NO2/c1-10(2)13(16)14(8-9-15)12-6-4-11(3)5-7-12/h4-7,10,15H,8-9H2,1-3H3. The van der Waals surface area contributed by atoms with Crippen molar-refractivity contribution in [2.24, 2.45) is 5.92 Å². The van der Waals surface area contributed by atoms with Crippen LogP contribution in [0.3, 0.4) is 0 Å². The van der Waals surface area contributed by atoms with Gasteiger partial charge >= 0.3 is 0 Å². The van der Waals surface area contributed by atoms with Crippen LogP contribution in [0.15, 0.2) is 24.3 Å². The zero-order chi connectivity index (χ0) is 12.1. The maximum absolute atomic E-state index is 11.9. The first kappa shape index (κ1) is 12.7. The second kappa shape index (κ2) is 5.66. The molecule has 0 saturated carbocycles. The van der Waals surface area contributed by atoms with Crippen LogP contribution in [-0.2, 0) is 4.79 Å². The Kier molecular flexibility index (Phi) is 4.50. The van der Waals surface area contributed by atoms with E-state index in [0.29, 0.717) is 6.54 Å². The lowest BCUT2D eigenvalue weighted by Gasteiger charge is -2.23. The Labute approximate surface area is 96.7 Å². The first-order chi connectivity index (χ1) is 7.56. The van der Waals surface area contributed by atoms with Crippen LogP contribution in [0.25, 0.3) is 0 Å². The van der Waals surface area contributed by atoms with E-state index < -0.39 is 0 Å². The minimum atomic E-state index is -0.0622. The molecule has 0 unspecified atom stereocenters. The van der Waals surface area contributed by atoms with Gasteiger partial charge in [-0.15, -0.1) is 0 Å². The van der Waals surface area contributed by atoms with Crippen molar-refractivity contribution in [3.8, 4) is 0 Å². The molecule has 0 radical (unpaired) electrons. The maximum atomic E-state index is 11.9. The molecule has 1 aromatic rings. The molecule has 0 fully saturated rings. The Balaban J connectivity index is 2.93. The zero-order valence-corrected chi connectivity index (χ0v) is 10.1. The van der Waals surface area contributed by atoms with Crippen LogP contribution in [0.5, 0.6) is 0 Å². The summed E-state index contributed by atoms with van der Waals surface area (Å²) in [5.41, 5.74) is 2.00. The molecular formula is C13H19NO2. The second-order valence-corrected chi connectivity index (χ2v) is 4.20. The molecular weight excluding hydrogens is 202 g/mol. The number of carbonyl (C=O) groups excluding carboxylic acids is 1. The lowest BCUT2D eigenvalue weighted by molar-refractivity contribution is -0.121. The monoisotopic (exact) mass is 221 g/mol. The molecule has 0 bridgehead atoms. The number of hydrogen-bond acceptors (Lipinski definition) is 2. The van der Waals surface area contributed by atoms with E-state index in [2.05, 4.69) is 0 Å². The molecule has 16 heavy (non-hydrogen) atoms. The number of benzene rings is 1. The summed E-state index contributed by atoms with van der Waals surface area (Å²) in [6.07, 6.45) is 0. The lowest BCUT2D eigenvalue weighted by Crippen LogP contribution is -2.36. The number of amides is 1. The first-order valence-electron chi connectivity index (χ1n) is 5.55. The van der Waals surface area contributed by atoms with Gasteiger partial charge in [-0.25, -0.2) is 0 Å². The van der Waals surface area contributed by atoms with Crippen molar-refractivity contribution in [2.75, 3.05) is 18.1 Å². The fourth-order valence-corrected chi connectivity index (χ4v) is 1.50. The van der Waals surface area contributed by atoms with Crippen LogP contribution >= 0.6 is 0 Å². The van der Waals surface area contributed by atoms with Crippen molar-refractivity contribution in [3.63, 3.8) is 0 Å². The van der Waals surface area contributed by atoms with Gasteiger partial charge in [0.05, 0.1) is 6.61 Å². The molecule has 1 rings (SSSR count). The van der Waals surface area contributed by atoms with Crippen LogP contribution < -0.4 is 4.90 Å². The quantitative estimate of drug-likeness (QED) is 0.844. The van der Waals surface area contributed by atoms with Gasteiger partial charge in [-0.2, -0.15) is 0 Å². The van der Waals surface area contributed by atoms with Gasteiger partial charge in [0.2, 0.25) is 5.91 Å². The summed E-state index contributed by atoms with van der Waals surface area (Å²) in [7, 11) is 0. The SMILES string of the molecule is Cc1ccc(N(CCO)C(=O)C(C)C)cc1. The van der Waals surface area contributed by atoms with Crippen molar-refractivity contribution < 1.29 is 9.90 Å². The van der Waals surface area contributed by atoms with E-state index in [4.69, 9.17) is 5.11 Å². The first-order valence-corrected chi connectivity index (χ1v) is 5.55. The Morgan fingerprint density at radius 1 is 1.31 bits per heavy atom. The molecule has 0 aliphatic carbocycles. The smallest absolute Gasteiger partial charge is 0.229 e. The number of anilines is 1. The van der Waals surface area contributed by atoms with Crippen LogP contribution in [0.2, 0.25) is 0 Å². The second-order valence-electron chi connectivity index (χ2n) is 4.20. The number of aliphatic hydroxyl groups excluding tert-OH is 1. The van der Waals surface area contributed by atoms with Crippen molar-refractivity contribution >= 4 is 11.6 Å². The Hall–Kier alpha value is -1.35. The highest BCUT2D eigenvalue weighted by atomic mass is 16.3. The third kappa shape index (κ3) is 3.07. The summed E-state index contributed by atoms with van der Waals surface area (Å²) in [5, 5.41) is 8.99. The van der Waals surface area contributed by atoms with Gasteiger partial charge < -0.3 is 10.0 Å². The molecule has 3 heteroatoms. The third-order valence-electron chi connectivity index (χ3n) is 2.43. The van der Waals surface area contributed by atoms with Gasteiger partial charge in [0.1, 0.15) is 0 Å². The van der Waals surface area contributed by atoms with E-state index in [1.807, 2.05) is 45.0 Å². The molecule has 3 nitrogen and oxygen atoms in total. The lowest BCUT2D eigenvalue weighted by atomic mass is 10.1. The predicted octanol–water partition coefficient (Wildman–Crippen LogP) is 1.98. The highest BCUT2D eigenvalue weighted by Crippen LogP contribution is 2.17. The fraction of sp³-hybridized carbons (Fsp3) is 0.462. The third-order valence-corrected chi connectivity index (χ3v) is 2.43. The summed E-state index contributed by atoms with van der Waals surface area (Å²) < 4.78 is 0. The zero-order valence-electron chi connectivity index (χ0n) is 10.1. The number of aryl methyl sites for hydroxylation is 1. The van der Waals surface area contributed by atoms with E-state index in [9.17, 15) is 4.79 Å².